The maximum atomic E-state index is 4.63. The van der Waals surface area contributed by atoms with Crippen LogP contribution in [0.15, 0.2) is 40.0 Å². The highest BCUT2D eigenvalue weighted by atomic mass is 32.2. The van der Waals surface area contributed by atoms with Crippen LogP contribution in [0.3, 0.4) is 0 Å². The number of nitrogens with zero attached hydrogens (tertiary/aromatic N) is 3. The first-order valence-electron chi connectivity index (χ1n) is 6.37. The molecule has 102 valence electrons. The van der Waals surface area contributed by atoms with Crippen LogP contribution >= 0.6 is 23.1 Å². The highest BCUT2D eigenvalue weighted by molar-refractivity contribution is 8.01. The first-order chi connectivity index (χ1) is 9.78. The molecule has 0 amide bonds. The van der Waals surface area contributed by atoms with Gasteiger partial charge in [0.15, 0.2) is 4.34 Å². The SMILES string of the molecule is CCNc1ncnc(Sc2nc3ccccc3s2)c1C. The molecular formula is C14H14N4S2. The van der Waals surface area contributed by atoms with Gasteiger partial charge >= 0.3 is 0 Å². The molecule has 0 fully saturated rings. The third kappa shape index (κ3) is 2.62. The Morgan fingerprint density at radius 3 is 2.90 bits per heavy atom. The summed E-state index contributed by atoms with van der Waals surface area (Å²) in [6, 6.07) is 8.17. The van der Waals surface area contributed by atoms with E-state index in [4.69, 9.17) is 0 Å². The van der Waals surface area contributed by atoms with Gasteiger partial charge in [-0.05, 0) is 37.7 Å². The molecule has 0 aliphatic heterocycles. The van der Waals surface area contributed by atoms with Crippen molar-refractivity contribution in [2.24, 2.45) is 0 Å². The van der Waals surface area contributed by atoms with Crippen molar-refractivity contribution in [3.8, 4) is 0 Å². The van der Waals surface area contributed by atoms with Crippen LogP contribution in [0.2, 0.25) is 0 Å². The monoisotopic (exact) mass is 302 g/mol. The largest absolute Gasteiger partial charge is 0.370 e. The predicted molar refractivity (Wildman–Crippen MR) is 84.7 cm³/mol. The summed E-state index contributed by atoms with van der Waals surface area (Å²) in [7, 11) is 0. The molecule has 1 N–H and O–H groups in total. The lowest BCUT2D eigenvalue weighted by molar-refractivity contribution is 0.990. The molecule has 3 aromatic rings. The molecule has 0 saturated heterocycles. The van der Waals surface area contributed by atoms with Gasteiger partial charge in [0.25, 0.3) is 0 Å². The van der Waals surface area contributed by atoms with Crippen molar-refractivity contribution in [3.05, 3.63) is 36.2 Å². The second-order valence-electron chi connectivity index (χ2n) is 4.23. The predicted octanol–water partition coefficient (Wildman–Crippen LogP) is 3.98. The summed E-state index contributed by atoms with van der Waals surface area (Å²) in [5, 5.41) is 4.20. The Labute approximate surface area is 125 Å². The minimum atomic E-state index is 0.850. The highest BCUT2D eigenvalue weighted by Gasteiger charge is 2.11. The maximum Gasteiger partial charge on any atom is 0.157 e. The van der Waals surface area contributed by atoms with E-state index in [0.717, 1.165) is 32.8 Å². The van der Waals surface area contributed by atoms with E-state index in [9.17, 15) is 0 Å². The van der Waals surface area contributed by atoms with Crippen LogP contribution in [0.4, 0.5) is 5.82 Å². The summed E-state index contributed by atoms with van der Waals surface area (Å²) in [4.78, 5) is 13.3. The number of nitrogens with one attached hydrogen (secondary N) is 1. The molecule has 0 saturated carbocycles. The van der Waals surface area contributed by atoms with Gasteiger partial charge in [0.05, 0.1) is 10.2 Å². The van der Waals surface area contributed by atoms with Gasteiger partial charge in [-0.15, -0.1) is 11.3 Å². The second kappa shape index (κ2) is 5.76. The second-order valence-corrected chi connectivity index (χ2v) is 6.50. The number of anilines is 1. The van der Waals surface area contributed by atoms with E-state index >= 15 is 0 Å². The van der Waals surface area contributed by atoms with Gasteiger partial charge in [0.1, 0.15) is 17.2 Å². The number of fused-ring (bicyclic) bond motifs is 1. The minimum absolute atomic E-state index is 0.850. The molecule has 2 heterocycles. The molecule has 1 aromatic carbocycles. The molecule has 3 rings (SSSR count). The van der Waals surface area contributed by atoms with E-state index in [-0.39, 0.29) is 0 Å². The van der Waals surface area contributed by atoms with Crippen LogP contribution in [-0.4, -0.2) is 21.5 Å². The fourth-order valence-corrected chi connectivity index (χ4v) is 3.89. The van der Waals surface area contributed by atoms with Crippen LogP contribution in [0, 0.1) is 6.92 Å². The Balaban J connectivity index is 1.92. The third-order valence-corrected chi connectivity index (χ3v) is 5.04. The van der Waals surface area contributed by atoms with Crippen LogP contribution in [0.25, 0.3) is 10.2 Å². The van der Waals surface area contributed by atoms with Crippen molar-refractivity contribution in [2.75, 3.05) is 11.9 Å². The third-order valence-electron chi connectivity index (χ3n) is 2.84. The molecule has 0 unspecified atom stereocenters. The van der Waals surface area contributed by atoms with Crippen molar-refractivity contribution in [1.29, 1.82) is 0 Å². The lowest BCUT2D eigenvalue weighted by atomic mass is 10.3. The number of aromatic nitrogens is 3. The molecule has 0 spiro atoms. The fraction of sp³-hybridized carbons (Fsp3) is 0.214. The molecule has 2 aromatic heterocycles. The smallest absolute Gasteiger partial charge is 0.157 e. The normalized spacial score (nSPS) is 10.9. The number of rotatable bonds is 4. The van der Waals surface area contributed by atoms with Crippen molar-refractivity contribution in [1.82, 2.24) is 15.0 Å². The summed E-state index contributed by atoms with van der Waals surface area (Å²) < 4.78 is 2.21. The minimum Gasteiger partial charge on any atom is -0.370 e. The first-order valence-corrected chi connectivity index (χ1v) is 8.00. The van der Waals surface area contributed by atoms with E-state index in [0.29, 0.717) is 0 Å². The molecular weight excluding hydrogens is 288 g/mol. The van der Waals surface area contributed by atoms with Crippen molar-refractivity contribution < 1.29 is 0 Å². The van der Waals surface area contributed by atoms with Crippen LogP contribution in [-0.2, 0) is 0 Å². The number of benzene rings is 1. The van der Waals surface area contributed by atoms with Gasteiger partial charge in [-0.2, -0.15) is 0 Å². The number of para-hydroxylation sites is 1. The van der Waals surface area contributed by atoms with Crippen LogP contribution < -0.4 is 5.32 Å². The van der Waals surface area contributed by atoms with E-state index in [1.807, 2.05) is 25.1 Å². The number of hydrogen-bond donors (Lipinski definition) is 1. The molecule has 6 heteroatoms. The Bertz CT molecular complexity index is 706. The van der Waals surface area contributed by atoms with E-state index in [1.165, 1.54) is 4.70 Å². The van der Waals surface area contributed by atoms with Crippen molar-refractivity contribution in [3.63, 3.8) is 0 Å². The Morgan fingerprint density at radius 2 is 2.10 bits per heavy atom. The van der Waals surface area contributed by atoms with Crippen LogP contribution in [0.5, 0.6) is 0 Å². The van der Waals surface area contributed by atoms with Gasteiger partial charge in [0.2, 0.25) is 0 Å². The summed E-state index contributed by atoms with van der Waals surface area (Å²) in [5.41, 5.74) is 2.11. The molecule has 4 nitrogen and oxygen atoms in total. The topological polar surface area (TPSA) is 50.7 Å². The zero-order valence-electron chi connectivity index (χ0n) is 11.3. The van der Waals surface area contributed by atoms with Gasteiger partial charge in [-0.1, -0.05) is 12.1 Å². The van der Waals surface area contributed by atoms with E-state index in [1.54, 1.807) is 29.4 Å². The van der Waals surface area contributed by atoms with Gasteiger partial charge in [0, 0.05) is 12.1 Å². The quantitative estimate of drug-likeness (QED) is 0.739. The highest BCUT2D eigenvalue weighted by Crippen LogP contribution is 2.35. The lowest BCUT2D eigenvalue weighted by Crippen LogP contribution is -2.03. The lowest BCUT2D eigenvalue weighted by Gasteiger charge is -2.08. The van der Waals surface area contributed by atoms with Gasteiger partial charge < -0.3 is 5.32 Å². The summed E-state index contributed by atoms with van der Waals surface area (Å²) >= 11 is 3.29. The molecule has 0 aliphatic rings. The zero-order valence-corrected chi connectivity index (χ0v) is 12.9. The average molecular weight is 302 g/mol. The maximum absolute atomic E-state index is 4.63. The molecule has 20 heavy (non-hydrogen) atoms. The van der Waals surface area contributed by atoms with Gasteiger partial charge in [-0.25, -0.2) is 15.0 Å². The molecule has 0 aliphatic carbocycles. The van der Waals surface area contributed by atoms with Crippen molar-refractivity contribution >= 4 is 39.1 Å². The average Bonchev–Trinajstić information content (AvgIpc) is 2.86. The Hall–Kier alpha value is -1.66. The van der Waals surface area contributed by atoms with Crippen molar-refractivity contribution in [2.45, 2.75) is 23.2 Å². The molecule has 0 radical (unpaired) electrons. The van der Waals surface area contributed by atoms with Gasteiger partial charge in [-0.3, -0.25) is 0 Å². The first kappa shape index (κ1) is 13.3. The molecule has 0 bridgehead atoms. The van der Waals surface area contributed by atoms with E-state index in [2.05, 4.69) is 33.3 Å². The number of hydrogen-bond acceptors (Lipinski definition) is 6. The fourth-order valence-electron chi connectivity index (χ4n) is 1.86. The van der Waals surface area contributed by atoms with E-state index < -0.39 is 0 Å². The molecule has 0 atom stereocenters. The Morgan fingerprint density at radius 1 is 1.25 bits per heavy atom. The Kier molecular flexibility index (Phi) is 3.84. The zero-order chi connectivity index (χ0) is 13.9. The van der Waals surface area contributed by atoms with Crippen LogP contribution in [0.1, 0.15) is 12.5 Å². The summed E-state index contributed by atoms with van der Waals surface area (Å²) in [6.45, 7) is 4.94. The standard InChI is InChI=1S/C14H14N4S2/c1-3-15-12-9(2)13(17-8-16-12)20-14-18-10-6-4-5-7-11(10)19-14/h4-8H,3H2,1-2H3,(H,15,16,17). The summed E-state index contributed by atoms with van der Waals surface area (Å²) in [5.74, 6) is 0.895. The summed E-state index contributed by atoms with van der Waals surface area (Å²) in [6.07, 6.45) is 1.60. The number of thiazole rings is 1.